The molecule has 0 aromatic heterocycles. The van der Waals surface area contributed by atoms with Crippen molar-refractivity contribution in [3.05, 3.63) is 97.2 Å². The fourth-order valence-electron chi connectivity index (χ4n) is 4.01. The normalized spacial score (nSPS) is 14.8. The van der Waals surface area contributed by atoms with Gasteiger partial charge in [-0.15, -0.1) is 0 Å². The molecule has 0 aliphatic rings. The van der Waals surface area contributed by atoms with Crippen LogP contribution in [0.5, 0.6) is 0 Å². The van der Waals surface area contributed by atoms with Crippen molar-refractivity contribution in [3.8, 4) is 0 Å². The topological polar surface area (TPSA) is 117 Å². The minimum absolute atomic E-state index is 0.0431. The Hall–Kier alpha value is -2.58. The van der Waals surface area contributed by atoms with Crippen LogP contribution in [0.25, 0.3) is 0 Å². The summed E-state index contributed by atoms with van der Waals surface area (Å²) in [5.74, 6) is -0.390. The Morgan fingerprint density at radius 1 is 0.625 bits per heavy atom. The molecule has 2 unspecified atom stereocenters. The molecule has 2 atom stereocenters. The van der Waals surface area contributed by atoms with Gasteiger partial charge in [0.1, 0.15) is 6.10 Å². The van der Waals surface area contributed by atoms with Crippen LogP contribution in [0.1, 0.15) is 104 Å². The Kier molecular flexibility index (Phi) is 33.8. The van der Waals surface area contributed by atoms with Crippen LogP contribution in [0.2, 0.25) is 0 Å². The fourth-order valence-corrected chi connectivity index (χ4v) is 4.78. The van der Waals surface area contributed by atoms with Gasteiger partial charge in [0, 0.05) is 13.0 Å². The Morgan fingerprint density at radius 2 is 1.10 bits per heavy atom. The lowest BCUT2D eigenvalue weighted by Crippen LogP contribution is -2.28. The number of unbranched alkanes of at least 4 members (excludes halogenated alkanes) is 3. The first-order chi connectivity index (χ1) is 23.4. The maximum atomic E-state index is 12.5. The molecule has 0 aromatic rings. The van der Waals surface area contributed by atoms with Crippen molar-refractivity contribution < 1.29 is 32.8 Å². The molecule has 0 radical (unpaired) electrons. The molecule has 0 amide bonds. The van der Waals surface area contributed by atoms with Gasteiger partial charge < -0.3 is 20.1 Å². The number of hydrogen-bond donors (Lipinski definition) is 2. The number of ether oxygens (including phenoxy) is 2. The number of phosphoric ester groups is 1. The van der Waals surface area contributed by atoms with E-state index in [0.717, 1.165) is 70.6 Å². The highest BCUT2D eigenvalue weighted by molar-refractivity contribution is 7.47. The highest BCUT2D eigenvalue weighted by Crippen LogP contribution is 2.43. The highest BCUT2D eigenvalue weighted by atomic mass is 31.2. The summed E-state index contributed by atoms with van der Waals surface area (Å²) in [4.78, 5) is 22.3. The Bertz CT molecular complexity index is 1040. The van der Waals surface area contributed by atoms with Gasteiger partial charge in [0.25, 0.3) is 0 Å². The number of allylic oxidation sites excluding steroid dienone is 15. The number of phosphoric acid groups is 1. The quantitative estimate of drug-likeness (QED) is 0.0310. The molecule has 0 saturated heterocycles. The second-order valence-electron chi connectivity index (χ2n) is 11.0. The molecule has 9 heteroatoms. The first-order valence-electron chi connectivity index (χ1n) is 17.7. The van der Waals surface area contributed by atoms with Crippen LogP contribution in [0.15, 0.2) is 97.2 Å². The van der Waals surface area contributed by atoms with Gasteiger partial charge in [-0.2, -0.15) is 0 Å². The van der Waals surface area contributed by atoms with Gasteiger partial charge in [0.15, 0.2) is 0 Å². The maximum absolute atomic E-state index is 12.5. The molecule has 272 valence electrons. The maximum Gasteiger partial charge on any atom is 0.472 e. The molecular formula is C39H64NO7P. The zero-order chi connectivity index (χ0) is 35.2. The summed E-state index contributed by atoms with van der Waals surface area (Å²) in [5, 5.41) is 0. The van der Waals surface area contributed by atoms with E-state index in [2.05, 4.69) is 105 Å². The van der Waals surface area contributed by atoms with E-state index in [1.165, 1.54) is 0 Å². The summed E-state index contributed by atoms with van der Waals surface area (Å²) in [7, 11) is -4.30. The van der Waals surface area contributed by atoms with Crippen molar-refractivity contribution >= 4 is 13.8 Å². The smallest absolute Gasteiger partial charge is 0.457 e. The summed E-state index contributed by atoms with van der Waals surface area (Å²) >= 11 is 0. The third kappa shape index (κ3) is 34.7. The SMILES string of the molecule is CC/C=C\C/C=C\C/C=C\C/C=C\C/C=C\CCOCC(COP(=O)(O)OCCN)OC(=O)CCCCC/C=C\C/C=C\C/C=C\CC. The number of nitrogens with two attached hydrogens (primary N) is 1. The minimum Gasteiger partial charge on any atom is -0.457 e. The fraction of sp³-hybridized carbons (Fsp3) is 0.564. The van der Waals surface area contributed by atoms with Crippen LogP contribution in [0, 0.1) is 0 Å². The van der Waals surface area contributed by atoms with E-state index in [1.54, 1.807) is 0 Å². The predicted octanol–water partition coefficient (Wildman–Crippen LogP) is 9.96. The third-order valence-corrected chi connectivity index (χ3v) is 7.50. The summed E-state index contributed by atoms with van der Waals surface area (Å²) in [6, 6.07) is 0. The number of hydrogen-bond acceptors (Lipinski definition) is 7. The van der Waals surface area contributed by atoms with E-state index >= 15 is 0 Å². The average Bonchev–Trinajstić information content (AvgIpc) is 3.07. The lowest BCUT2D eigenvalue weighted by atomic mass is 10.1. The van der Waals surface area contributed by atoms with E-state index in [0.29, 0.717) is 19.4 Å². The lowest BCUT2D eigenvalue weighted by Gasteiger charge is -2.19. The number of rotatable bonds is 32. The zero-order valence-corrected chi connectivity index (χ0v) is 30.6. The molecule has 0 spiro atoms. The molecule has 0 saturated carbocycles. The lowest BCUT2D eigenvalue weighted by molar-refractivity contribution is -0.154. The molecule has 0 heterocycles. The van der Waals surface area contributed by atoms with Crippen LogP contribution < -0.4 is 5.73 Å². The number of carbonyl (C=O) groups excluding carboxylic acids is 1. The zero-order valence-electron chi connectivity index (χ0n) is 29.7. The van der Waals surface area contributed by atoms with Crippen molar-refractivity contribution in [2.45, 2.75) is 110 Å². The molecule has 8 nitrogen and oxygen atoms in total. The summed E-state index contributed by atoms with van der Waals surface area (Å²) in [5.41, 5.74) is 5.34. The van der Waals surface area contributed by atoms with Gasteiger partial charge >= 0.3 is 13.8 Å². The van der Waals surface area contributed by atoms with Crippen LogP contribution in [-0.4, -0.2) is 49.9 Å². The van der Waals surface area contributed by atoms with Gasteiger partial charge in [-0.05, 0) is 77.0 Å². The molecule has 0 aliphatic heterocycles. The van der Waals surface area contributed by atoms with Crippen molar-refractivity contribution in [1.82, 2.24) is 0 Å². The summed E-state index contributed by atoms with van der Waals surface area (Å²) in [6.45, 7) is 4.36. The van der Waals surface area contributed by atoms with Gasteiger partial charge in [-0.1, -0.05) is 117 Å². The third-order valence-electron chi connectivity index (χ3n) is 6.52. The highest BCUT2D eigenvalue weighted by Gasteiger charge is 2.25. The summed E-state index contributed by atoms with van der Waals surface area (Å²) in [6.07, 6.45) is 45.9. The van der Waals surface area contributed by atoms with Gasteiger partial charge in [0.2, 0.25) is 0 Å². The molecular weight excluding hydrogens is 625 g/mol. The van der Waals surface area contributed by atoms with Crippen molar-refractivity contribution in [3.63, 3.8) is 0 Å². The first kappa shape index (κ1) is 45.4. The van der Waals surface area contributed by atoms with Crippen LogP contribution >= 0.6 is 7.82 Å². The Labute approximate surface area is 291 Å². The predicted molar refractivity (Wildman–Crippen MR) is 201 cm³/mol. The van der Waals surface area contributed by atoms with Crippen molar-refractivity contribution in [2.75, 3.05) is 33.0 Å². The van der Waals surface area contributed by atoms with E-state index < -0.39 is 19.9 Å². The standard InChI is InChI=1S/C39H64NO7P/c1-3-5-7-9-11-13-15-17-18-19-21-23-25-27-29-31-34-44-36-38(37-46-48(42,43)45-35-33-40)47-39(41)32-30-28-26-24-22-20-16-14-12-10-8-6-4-2/h5-8,11-14,17-18,20-23,27,29,38H,3-4,9-10,15-16,19,24-26,28,30-37,40H2,1-2H3,(H,42,43)/b7-5-,8-6-,13-11-,14-12-,18-17-,22-20-,23-21-,29-27-. The van der Waals surface area contributed by atoms with E-state index in [4.69, 9.17) is 24.3 Å². The van der Waals surface area contributed by atoms with E-state index in [-0.39, 0.29) is 32.8 Å². The first-order valence-corrected chi connectivity index (χ1v) is 19.2. The largest absolute Gasteiger partial charge is 0.472 e. The molecule has 48 heavy (non-hydrogen) atoms. The second kappa shape index (κ2) is 35.7. The van der Waals surface area contributed by atoms with Crippen molar-refractivity contribution in [2.24, 2.45) is 5.73 Å². The minimum atomic E-state index is -4.30. The molecule has 0 aromatic carbocycles. The molecule has 0 bridgehead atoms. The van der Waals surface area contributed by atoms with Crippen LogP contribution in [-0.2, 0) is 27.9 Å². The summed E-state index contributed by atoms with van der Waals surface area (Å²) < 4.78 is 33.1. The molecule has 0 aliphatic carbocycles. The van der Waals surface area contributed by atoms with Gasteiger partial charge in [-0.25, -0.2) is 4.57 Å². The number of carbonyl (C=O) groups is 1. The van der Waals surface area contributed by atoms with E-state index in [1.807, 2.05) is 6.08 Å². The average molecular weight is 690 g/mol. The molecule has 3 N–H and O–H groups in total. The molecule has 0 rings (SSSR count). The van der Waals surface area contributed by atoms with Gasteiger partial charge in [-0.3, -0.25) is 13.8 Å². The Balaban J connectivity index is 4.34. The van der Waals surface area contributed by atoms with Crippen molar-refractivity contribution in [1.29, 1.82) is 0 Å². The van der Waals surface area contributed by atoms with Crippen LogP contribution in [0.4, 0.5) is 0 Å². The second-order valence-corrected chi connectivity index (χ2v) is 12.4. The molecule has 0 fully saturated rings. The number of esters is 1. The monoisotopic (exact) mass is 689 g/mol. The Morgan fingerprint density at radius 3 is 1.60 bits per heavy atom. The van der Waals surface area contributed by atoms with E-state index in [9.17, 15) is 14.3 Å². The van der Waals surface area contributed by atoms with Gasteiger partial charge in [0.05, 0.1) is 26.4 Å². The van der Waals surface area contributed by atoms with Crippen LogP contribution in [0.3, 0.4) is 0 Å².